The van der Waals surface area contributed by atoms with Gasteiger partial charge in [-0.25, -0.2) is 18.4 Å². The van der Waals surface area contributed by atoms with E-state index in [1.165, 1.54) is 24.3 Å². The van der Waals surface area contributed by atoms with Gasteiger partial charge in [-0.3, -0.25) is 9.59 Å². The smallest absolute Gasteiger partial charge is 0.329 e. The lowest BCUT2D eigenvalue weighted by molar-refractivity contribution is -0.149. The van der Waals surface area contributed by atoms with Crippen LogP contribution in [0.3, 0.4) is 0 Å². The molecule has 124 valence electrons. The van der Waals surface area contributed by atoms with Gasteiger partial charge in [-0.2, -0.15) is 0 Å². The number of carbonyl (C=O) groups is 3. The molecule has 1 aromatic carbocycles. The minimum absolute atomic E-state index is 0.152. The number of hydrogen-bond acceptors (Lipinski definition) is 6. The highest BCUT2D eigenvalue weighted by Crippen LogP contribution is 2.14. The highest BCUT2D eigenvalue weighted by atomic mass is 32.2. The summed E-state index contributed by atoms with van der Waals surface area (Å²) >= 11 is 0. The van der Waals surface area contributed by atoms with Crippen LogP contribution in [0.4, 0.5) is 5.69 Å². The normalized spacial score (nSPS) is 17.4. The number of benzene rings is 1. The third kappa shape index (κ3) is 4.76. The van der Waals surface area contributed by atoms with Crippen LogP contribution in [0.2, 0.25) is 0 Å². The summed E-state index contributed by atoms with van der Waals surface area (Å²) in [4.78, 5) is 34.2. The predicted octanol–water partition coefficient (Wildman–Crippen LogP) is -0.906. The van der Waals surface area contributed by atoms with Crippen molar-refractivity contribution in [1.29, 1.82) is 0 Å². The highest BCUT2D eigenvalue weighted by Gasteiger charge is 2.28. The molecule has 1 aliphatic heterocycles. The Morgan fingerprint density at radius 2 is 2.13 bits per heavy atom. The summed E-state index contributed by atoms with van der Waals surface area (Å²) in [6, 6.07) is 4.61. The van der Waals surface area contributed by atoms with E-state index < -0.39 is 34.5 Å². The lowest BCUT2D eigenvalue weighted by Crippen LogP contribution is -2.36. The number of anilines is 1. The molecule has 4 N–H and O–H groups in total. The number of hydrogen-bond donors (Lipinski definition) is 3. The number of nitrogens with two attached hydrogens (primary N) is 1. The van der Waals surface area contributed by atoms with Crippen LogP contribution < -0.4 is 15.8 Å². The fourth-order valence-electron chi connectivity index (χ4n) is 1.98. The van der Waals surface area contributed by atoms with Crippen LogP contribution in [-0.4, -0.2) is 38.9 Å². The molecule has 0 unspecified atom stereocenters. The van der Waals surface area contributed by atoms with Gasteiger partial charge in [0.1, 0.15) is 6.04 Å². The van der Waals surface area contributed by atoms with E-state index in [0.717, 1.165) is 0 Å². The maximum Gasteiger partial charge on any atom is 0.329 e. The van der Waals surface area contributed by atoms with Gasteiger partial charge in [0.15, 0.2) is 6.61 Å². The Hall–Kier alpha value is -2.46. The Bertz CT molecular complexity index is 746. The highest BCUT2D eigenvalue weighted by molar-refractivity contribution is 7.89. The van der Waals surface area contributed by atoms with E-state index in [4.69, 9.17) is 9.88 Å². The predicted molar refractivity (Wildman–Crippen MR) is 78.6 cm³/mol. The molecule has 1 aliphatic rings. The second-order valence-electron chi connectivity index (χ2n) is 4.89. The third-order valence-electron chi connectivity index (χ3n) is 3.07. The van der Waals surface area contributed by atoms with Crippen molar-refractivity contribution in [2.75, 3.05) is 11.9 Å². The first-order valence-electron chi connectivity index (χ1n) is 6.64. The van der Waals surface area contributed by atoms with E-state index in [2.05, 4.69) is 10.6 Å². The van der Waals surface area contributed by atoms with Crippen molar-refractivity contribution in [3.63, 3.8) is 0 Å². The molecular formula is C13H15N3O6S. The molecule has 1 heterocycles. The zero-order chi connectivity index (χ0) is 17.0. The van der Waals surface area contributed by atoms with Gasteiger partial charge in [0, 0.05) is 12.1 Å². The summed E-state index contributed by atoms with van der Waals surface area (Å²) in [6.45, 7) is -0.551. The van der Waals surface area contributed by atoms with E-state index in [1.807, 2.05) is 0 Å². The Balaban J connectivity index is 1.88. The molecule has 23 heavy (non-hydrogen) atoms. The molecule has 0 aromatic heterocycles. The van der Waals surface area contributed by atoms with Crippen LogP contribution in [0.25, 0.3) is 0 Å². The van der Waals surface area contributed by atoms with Crippen molar-refractivity contribution >= 4 is 33.5 Å². The zero-order valence-corrected chi connectivity index (χ0v) is 12.8. The van der Waals surface area contributed by atoms with Crippen LogP contribution in [0.5, 0.6) is 0 Å². The van der Waals surface area contributed by atoms with Crippen LogP contribution in [0.1, 0.15) is 12.8 Å². The van der Waals surface area contributed by atoms with Crippen molar-refractivity contribution < 1.29 is 27.5 Å². The van der Waals surface area contributed by atoms with Crippen molar-refractivity contribution in [2.24, 2.45) is 5.14 Å². The Morgan fingerprint density at radius 1 is 1.39 bits per heavy atom. The third-order valence-corrected chi connectivity index (χ3v) is 3.98. The van der Waals surface area contributed by atoms with Crippen LogP contribution in [0, 0.1) is 0 Å². The number of ether oxygens (including phenoxy) is 1. The molecule has 0 aliphatic carbocycles. The van der Waals surface area contributed by atoms with Gasteiger partial charge >= 0.3 is 5.97 Å². The molecular weight excluding hydrogens is 326 g/mol. The first-order valence-corrected chi connectivity index (χ1v) is 8.19. The zero-order valence-electron chi connectivity index (χ0n) is 11.9. The number of carbonyl (C=O) groups excluding carboxylic acids is 3. The Morgan fingerprint density at radius 3 is 2.74 bits per heavy atom. The van der Waals surface area contributed by atoms with E-state index >= 15 is 0 Å². The molecule has 2 rings (SSSR count). The number of rotatable bonds is 5. The van der Waals surface area contributed by atoms with Crippen LogP contribution >= 0.6 is 0 Å². The molecule has 9 nitrogen and oxygen atoms in total. The number of primary sulfonamides is 1. The van der Waals surface area contributed by atoms with Gasteiger partial charge in [-0.1, -0.05) is 6.07 Å². The Kier molecular flexibility index (Phi) is 4.96. The van der Waals surface area contributed by atoms with Crippen molar-refractivity contribution in [3.05, 3.63) is 24.3 Å². The molecule has 0 saturated carbocycles. The van der Waals surface area contributed by atoms with Gasteiger partial charge in [0.2, 0.25) is 15.9 Å². The van der Waals surface area contributed by atoms with Gasteiger partial charge in [-0.15, -0.1) is 0 Å². The molecule has 2 amide bonds. The molecule has 1 atom stereocenters. The van der Waals surface area contributed by atoms with E-state index in [0.29, 0.717) is 6.42 Å². The summed E-state index contributed by atoms with van der Waals surface area (Å²) in [5.74, 6) is -1.57. The minimum Gasteiger partial charge on any atom is -0.454 e. The molecule has 0 radical (unpaired) electrons. The Labute approximate surface area is 132 Å². The van der Waals surface area contributed by atoms with Gasteiger partial charge in [0.25, 0.3) is 5.91 Å². The summed E-state index contributed by atoms with van der Waals surface area (Å²) in [5, 5.41) is 9.80. The fourth-order valence-corrected chi connectivity index (χ4v) is 2.54. The molecule has 1 saturated heterocycles. The first-order chi connectivity index (χ1) is 10.8. The summed E-state index contributed by atoms with van der Waals surface area (Å²) < 4.78 is 27.2. The molecule has 0 bridgehead atoms. The summed E-state index contributed by atoms with van der Waals surface area (Å²) in [7, 11) is -3.88. The van der Waals surface area contributed by atoms with Crippen molar-refractivity contribution in [1.82, 2.24) is 5.32 Å². The topological polar surface area (TPSA) is 145 Å². The van der Waals surface area contributed by atoms with Crippen LogP contribution in [-0.2, 0) is 29.1 Å². The second kappa shape index (κ2) is 6.75. The van der Waals surface area contributed by atoms with Gasteiger partial charge in [-0.05, 0) is 24.6 Å². The standard InChI is InChI=1S/C13H15N3O6S/c14-23(20,21)9-3-1-2-8(6-9)15-12(18)7-22-13(19)10-4-5-11(17)16-10/h1-3,6,10H,4-5,7H2,(H,15,18)(H,16,17)(H2,14,20,21)/t10-/m0/s1. The molecule has 1 aromatic rings. The maximum atomic E-state index is 11.7. The SMILES string of the molecule is NS(=O)(=O)c1cccc(NC(=O)COC(=O)[C@@H]2CCC(=O)N2)c1. The largest absolute Gasteiger partial charge is 0.454 e. The molecule has 10 heteroatoms. The second-order valence-corrected chi connectivity index (χ2v) is 6.45. The summed E-state index contributed by atoms with van der Waals surface area (Å²) in [5.41, 5.74) is 0.201. The number of amides is 2. The van der Waals surface area contributed by atoms with Crippen molar-refractivity contribution in [2.45, 2.75) is 23.8 Å². The van der Waals surface area contributed by atoms with E-state index in [-0.39, 0.29) is 22.9 Å². The fraction of sp³-hybridized carbons (Fsp3) is 0.308. The average Bonchev–Trinajstić information content (AvgIpc) is 2.91. The van der Waals surface area contributed by atoms with E-state index in [1.54, 1.807) is 0 Å². The van der Waals surface area contributed by atoms with Gasteiger partial charge < -0.3 is 15.4 Å². The quantitative estimate of drug-likeness (QED) is 0.592. The van der Waals surface area contributed by atoms with E-state index in [9.17, 15) is 22.8 Å². The van der Waals surface area contributed by atoms with Gasteiger partial charge in [0.05, 0.1) is 4.90 Å². The number of nitrogens with one attached hydrogen (secondary N) is 2. The van der Waals surface area contributed by atoms with Crippen molar-refractivity contribution in [3.8, 4) is 0 Å². The number of esters is 1. The summed E-state index contributed by atoms with van der Waals surface area (Å²) in [6.07, 6.45) is 0.571. The monoisotopic (exact) mass is 341 g/mol. The maximum absolute atomic E-state index is 11.7. The lowest BCUT2D eigenvalue weighted by atomic mass is 10.2. The minimum atomic E-state index is -3.88. The molecule has 1 fully saturated rings. The van der Waals surface area contributed by atoms with Crippen LogP contribution in [0.15, 0.2) is 29.2 Å². The molecule has 0 spiro atoms. The average molecular weight is 341 g/mol. The first kappa shape index (κ1) is 16.9. The lowest BCUT2D eigenvalue weighted by Gasteiger charge is -2.10. The number of sulfonamides is 1.